The van der Waals surface area contributed by atoms with Crippen LogP contribution in [-0.2, 0) is 6.42 Å². The molecule has 154 valence electrons. The summed E-state index contributed by atoms with van der Waals surface area (Å²) in [6, 6.07) is 3.53. The third-order valence-corrected chi connectivity index (χ3v) is 5.87. The Balaban J connectivity index is 2.15. The van der Waals surface area contributed by atoms with Gasteiger partial charge in [-0.15, -0.1) is 0 Å². The standard InChI is InChI=1S/C22H24O7/c1-10-6-12-7-14(25-3)21(26-4)22(27-5)16(12)17-13(18(23)11(10)2)8-15-20(19(17)24)29-9-28-15/h7-8,10-11,24H,6,9H2,1-5H3/t10-,11-/m0/s1. The molecule has 0 unspecified atom stereocenters. The van der Waals surface area contributed by atoms with E-state index in [0.29, 0.717) is 46.1 Å². The van der Waals surface area contributed by atoms with Crippen molar-refractivity contribution in [2.45, 2.75) is 20.3 Å². The number of phenols is 1. The van der Waals surface area contributed by atoms with Crippen molar-refractivity contribution in [2.75, 3.05) is 28.1 Å². The molecular formula is C22H24O7. The molecule has 0 aromatic heterocycles. The van der Waals surface area contributed by atoms with Crippen LogP contribution in [0.15, 0.2) is 12.1 Å². The van der Waals surface area contributed by atoms with Crippen molar-refractivity contribution in [1.82, 2.24) is 0 Å². The summed E-state index contributed by atoms with van der Waals surface area (Å²) < 4.78 is 27.7. The van der Waals surface area contributed by atoms with Crippen LogP contribution in [0.1, 0.15) is 29.8 Å². The van der Waals surface area contributed by atoms with E-state index in [1.807, 2.05) is 19.9 Å². The molecule has 0 amide bonds. The summed E-state index contributed by atoms with van der Waals surface area (Å²) in [5.74, 6) is 1.50. The van der Waals surface area contributed by atoms with Crippen molar-refractivity contribution in [2.24, 2.45) is 11.8 Å². The first-order valence-electron chi connectivity index (χ1n) is 9.44. The number of carbonyl (C=O) groups excluding carboxylic acids is 1. The number of rotatable bonds is 3. The topological polar surface area (TPSA) is 83.5 Å². The van der Waals surface area contributed by atoms with E-state index in [1.165, 1.54) is 14.2 Å². The van der Waals surface area contributed by atoms with Gasteiger partial charge in [-0.1, -0.05) is 13.8 Å². The van der Waals surface area contributed by atoms with E-state index in [1.54, 1.807) is 13.2 Å². The molecule has 1 aliphatic heterocycles. The van der Waals surface area contributed by atoms with Crippen LogP contribution in [0.2, 0.25) is 0 Å². The van der Waals surface area contributed by atoms with Crippen molar-refractivity contribution in [3.05, 3.63) is 23.3 Å². The second-order valence-electron chi connectivity index (χ2n) is 7.40. The number of methoxy groups -OCH3 is 3. The first kappa shape index (κ1) is 19.2. The lowest BCUT2D eigenvalue weighted by Gasteiger charge is -2.28. The predicted molar refractivity (Wildman–Crippen MR) is 106 cm³/mol. The summed E-state index contributed by atoms with van der Waals surface area (Å²) in [5.41, 5.74) is 2.23. The van der Waals surface area contributed by atoms with Crippen molar-refractivity contribution >= 4 is 5.78 Å². The molecule has 1 N–H and O–H groups in total. The van der Waals surface area contributed by atoms with E-state index in [2.05, 4.69) is 0 Å². The van der Waals surface area contributed by atoms with Crippen LogP contribution < -0.4 is 23.7 Å². The number of aromatic hydroxyl groups is 1. The quantitative estimate of drug-likeness (QED) is 0.838. The Morgan fingerprint density at radius 1 is 1.00 bits per heavy atom. The zero-order valence-corrected chi connectivity index (χ0v) is 17.1. The third kappa shape index (κ3) is 2.75. The molecule has 29 heavy (non-hydrogen) atoms. The molecule has 2 aliphatic rings. The van der Waals surface area contributed by atoms with Crippen LogP contribution in [0.4, 0.5) is 0 Å². The van der Waals surface area contributed by atoms with Crippen molar-refractivity contribution in [1.29, 1.82) is 0 Å². The number of Topliss-reactive ketones (excluding diaryl/α,β-unsaturated/α-hetero) is 1. The average molecular weight is 400 g/mol. The Kier molecular flexibility index (Phi) is 4.68. The number of fused-ring (bicyclic) bond motifs is 4. The summed E-state index contributed by atoms with van der Waals surface area (Å²) >= 11 is 0. The average Bonchev–Trinajstić information content (AvgIpc) is 3.20. The smallest absolute Gasteiger partial charge is 0.231 e. The molecule has 0 saturated heterocycles. The maximum Gasteiger partial charge on any atom is 0.231 e. The maximum absolute atomic E-state index is 13.3. The molecule has 2 aromatic carbocycles. The minimum atomic E-state index is -0.249. The highest BCUT2D eigenvalue weighted by Crippen LogP contribution is 2.56. The van der Waals surface area contributed by atoms with Crippen LogP contribution in [0, 0.1) is 11.8 Å². The Bertz CT molecular complexity index is 996. The van der Waals surface area contributed by atoms with Crippen LogP contribution >= 0.6 is 0 Å². The molecule has 7 heteroatoms. The van der Waals surface area contributed by atoms with Gasteiger partial charge in [0.1, 0.15) is 0 Å². The fourth-order valence-electron chi connectivity index (χ4n) is 4.14. The first-order valence-corrected chi connectivity index (χ1v) is 9.44. The summed E-state index contributed by atoms with van der Waals surface area (Å²) in [5, 5.41) is 11.1. The molecule has 7 nitrogen and oxygen atoms in total. The Hall–Kier alpha value is -3.09. The monoisotopic (exact) mass is 400 g/mol. The van der Waals surface area contributed by atoms with Crippen molar-refractivity contribution in [3.63, 3.8) is 0 Å². The van der Waals surface area contributed by atoms with Gasteiger partial charge in [0, 0.05) is 22.6 Å². The summed E-state index contributed by atoms with van der Waals surface area (Å²) in [6.07, 6.45) is 0.603. The second-order valence-corrected chi connectivity index (χ2v) is 7.40. The maximum atomic E-state index is 13.3. The third-order valence-electron chi connectivity index (χ3n) is 5.87. The number of carbonyl (C=O) groups is 1. The van der Waals surface area contributed by atoms with Crippen LogP contribution in [0.25, 0.3) is 11.1 Å². The van der Waals surface area contributed by atoms with Crippen LogP contribution in [-0.4, -0.2) is 39.0 Å². The number of ether oxygens (including phenoxy) is 5. The van der Waals surface area contributed by atoms with Crippen LogP contribution in [0.5, 0.6) is 34.5 Å². The molecule has 0 spiro atoms. The summed E-state index contributed by atoms with van der Waals surface area (Å²) in [7, 11) is 4.60. The second kappa shape index (κ2) is 7.06. The van der Waals surface area contributed by atoms with E-state index in [4.69, 9.17) is 23.7 Å². The van der Waals surface area contributed by atoms with Gasteiger partial charge in [-0.25, -0.2) is 0 Å². The fourth-order valence-corrected chi connectivity index (χ4v) is 4.14. The summed E-state index contributed by atoms with van der Waals surface area (Å²) in [4.78, 5) is 13.3. The van der Waals surface area contributed by atoms with Gasteiger partial charge >= 0.3 is 0 Å². The number of phenolic OH excluding ortho intramolecular Hbond substituents is 1. The van der Waals surface area contributed by atoms with Gasteiger partial charge < -0.3 is 28.8 Å². The number of ketones is 1. The zero-order valence-electron chi connectivity index (χ0n) is 17.1. The minimum Gasteiger partial charge on any atom is -0.504 e. The van der Waals surface area contributed by atoms with Gasteiger partial charge in [0.25, 0.3) is 0 Å². The number of hydrogen-bond donors (Lipinski definition) is 1. The largest absolute Gasteiger partial charge is 0.504 e. The zero-order chi connectivity index (χ0) is 20.9. The van der Waals surface area contributed by atoms with E-state index in [9.17, 15) is 9.90 Å². The molecule has 0 bridgehead atoms. The highest BCUT2D eigenvalue weighted by Gasteiger charge is 2.37. The van der Waals surface area contributed by atoms with E-state index in [-0.39, 0.29) is 35.9 Å². The lowest BCUT2D eigenvalue weighted by Crippen LogP contribution is -2.24. The van der Waals surface area contributed by atoms with E-state index >= 15 is 0 Å². The SMILES string of the molecule is COc1cc2c(c(OC)c1OC)-c1c(cc3c(c1O)OCO3)C(=O)[C@@H](C)[C@@H](C)C2. The van der Waals surface area contributed by atoms with E-state index in [0.717, 1.165) is 5.56 Å². The highest BCUT2D eigenvalue weighted by molar-refractivity contribution is 6.08. The molecule has 0 radical (unpaired) electrons. The van der Waals surface area contributed by atoms with Gasteiger partial charge in [-0.3, -0.25) is 4.79 Å². The van der Waals surface area contributed by atoms with Crippen molar-refractivity contribution < 1.29 is 33.6 Å². The molecular weight excluding hydrogens is 376 g/mol. The van der Waals surface area contributed by atoms with Gasteiger partial charge in [-0.2, -0.15) is 0 Å². The van der Waals surface area contributed by atoms with Gasteiger partial charge in [0.15, 0.2) is 28.8 Å². The van der Waals surface area contributed by atoms with Crippen molar-refractivity contribution in [3.8, 4) is 45.6 Å². The number of benzene rings is 2. The Labute approximate surface area is 169 Å². The first-order chi connectivity index (χ1) is 13.9. The molecule has 2 atom stereocenters. The van der Waals surface area contributed by atoms with E-state index < -0.39 is 0 Å². The normalized spacial score (nSPS) is 19.7. The van der Waals surface area contributed by atoms with Gasteiger partial charge in [0.2, 0.25) is 18.3 Å². The molecule has 1 heterocycles. The fraction of sp³-hybridized carbons (Fsp3) is 0.409. The Morgan fingerprint density at radius 2 is 1.72 bits per heavy atom. The van der Waals surface area contributed by atoms with Gasteiger partial charge in [-0.05, 0) is 30.0 Å². The molecule has 4 rings (SSSR count). The Morgan fingerprint density at radius 3 is 2.38 bits per heavy atom. The van der Waals surface area contributed by atoms with Crippen LogP contribution in [0.3, 0.4) is 0 Å². The molecule has 0 fully saturated rings. The highest BCUT2D eigenvalue weighted by atomic mass is 16.7. The minimum absolute atomic E-state index is 0.0120. The number of hydrogen-bond acceptors (Lipinski definition) is 7. The molecule has 0 saturated carbocycles. The molecule has 1 aliphatic carbocycles. The lowest BCUT2D eigenvalue weighted by molar-refractivity contribution is 0.0892. The predicted octanol–water partition coefficient (Wildman–Crippen LogP) is 3.82. The van der Waals surface area contributed by atoms with Gasteiger partial charge in [0.05, 0.1) is 21.3 Å². The summed E-state index contributed by atoms with van der Waals surface area (Å²) in [6.45, 7) is 3.93. The lowest BCUT2D eigenvalue weighted by atomic mass is 9.77. The molecule has 2 aromatic rings.